The Kier molecular flexibility index (Phi) is 4.05. The number of rotatable bonds is 3. The van der Waals surface area contributed by atoms with Crippen LogP contribution in [-0.2, 0) is 19.6 Å². The van der Waals surface area contributed by atoms with E-state index in [2.05, 4.69) is 15.8 Å². The number of nitrogens with zero attached hydrogens (tertiary/aromatic N) is 1. The van der Waals surface area contributed by atoms with Gasteiger partial charge in [-0.05, 0) is 24.6 Å². The Bertz CT molecular complexity index is 740. The normalized spacial score (nSPS) is 15.1. The molecule has 1 aromatic carbocycles. The molecule has 9 heteroatoms. The number of hydrogen-bond donors (Lipinski definition) is 3. The molecule has 0 bridgehead atoms. The van der Waals surface area contributed by atoms with E-state index in [4.69, 9.17) is 5.14 Å². The minimum absolute atomic E-state index is 0.0563. The molecule has 8 nitrogen and oxygen atoms in total. The second-order valence-electron chi connectivity index (χ2n) is 4.52. The van der Waals surface area contributed by atoms with E-state index in [9.17, 15) is 18.0 Å². The van der Waals surface area contributed by atoms with Gasteiger partial charge in [0.2, 0.25) is 15.9 Å². The van der Waals surface area contributed by atoms with E-state index < -0.39 is 15.9 Å². The summed E-state index contributed by atoms with van der Waals surface area (Å²) in [6.07, 6.45) is 0.411. The lowest BCUT2D eigenvalue weighted by Gasteiger charge is -2.14. The third-order valence-corrected chi connectivity index (χ3v) is 4.06. The number of nitrogens with one attached hydrogen (secondary N) is 2. The van der Waals surface area contributed by atoms with Crippen molar-refractivity contribution in [2.24, 2.45) is 10.2 Å². The zero-order valence-electron chi connectivity index (χ0n) is 11.2. The van der Waals surface area contributed by atoms with Crippen LogP contribution in [0, 0.1) is 6.92 Å². The Hall–Kier alpha value is -2.26. The zero-order valence-corrected chi connectivity index (χ0v) is 12.0. The molecule has 0 atom stereocenters. The van der Waals surface area contributed by atoms with Crippen LogP contribution in [0.5, 0.6) is 0 Å². The predicted octanol–water partition coefficient (Wildman–Crippen LogP) is -0.153. The fraction of sp³-hybridized carbons (Fsp3) is 0.250. The molecule has 0 spiro atoms. The van der Waals surface area contributed by atoms with Gasteiger partial charge in [0, 0.05) is 18.5 Å². The van der Waals surface area contributed by atoms with Crippen LogP contribution in [-0.4, -0.2) is 25.9 Å². The first-order valence-corrected chi connectivity index (χ1v) is 7.63. The second-order valence-corrected chi connectivity index (χ2v) is 6.05. The first-order chi connectivity index (χ1) is 9.79. The SMILES string of the molecule is Cc1c(NC(=O)C2=NNC(=O)CC2)cccc1S(N)(=O)=O. The van der Waals surface area contributed by atoms with Crippen molar-refractivity contribution in [3.05, 3.63) is 23.8 Å². The minimum Gasteiger partial charge on any atom is -0.321 e. The van der Waals surface area contributed by atoms with E-state index >= 15 is 0 Å². The van der Waals surface area contributed by atoms with Crippen molar-refractivity contribution in [1.29, 1.82) is 0 Å². The summed E-state index contributed by atoms with van der Waals surface area (Å²) in [5.74, 6) is -0.747. The molecule has 0 radical (unpaired) electrons. The van der Waals surface area contributed by atoms with Gasteiger partial charge < -0.3 is 5.32 Å². The number of primary sulfonamides is 1. The lowest BCUT2D eigenvalue weighted by molar-refractivity contribution is -0.121. The number of nitrogens with two attached hydrogens (primary N) is 1. The second kappa shape index (κ2) is 5.62. The van der Waals surface area contributed by atoms with Crippen LogP contribution in [0.1, 0.15) is 18.4 Å². The maximum absolute atomic E-state index is 12.0. The Balaban J connectivity index is 2.25. The predicted molar refractivity (Wildman–Crippen MR) is 76.0 cm³/mol. The zero-order chi connectivity index (χ0) is 15.6. The van der Waals surface area contributed by atoms with Crippen molar-refractivity contribution in [3.63, 3.8) is 0 Å². The molecule has 0 aromatic heterocycles. The third kappa shape index (κ3) is 3.44. The van der Waals surface area contributed by atoms with Crippen LogP contribution in [0.2, 0.25) is 0 Å². The Morgan fingerprint density at radius 2 is 2.10 bits per heavy atom. The van der Waals surface area contributed by atoms with Crippen LogP contribution in [0.25, 0.3) is 0 Å². The first-order valence-electron chi connectivity index (χ1n) is 6.08. The molecular formula is C12H14N4O4S. The topological polar surface area (TPSA) is 131 Å². The highest BCUT2D eigenvalue weighted by Crippen LogP contribution is 2.22. The molecule has 0 aliphatic carbocycles. The molecule has 1 aromatic rings. The largest absolute Gasteiger partial charge is 0.321 e. The van der Waals surface area contributed by atoms with Gasteiger partial charge in [0.05, 0.1) is 4.90 Å². The fourth-order valence-electron chi connectivity index (χ4n) is 1.89. The molecule has 0 saturated carbocycles. The summed E-state index contributed by atoms with van der Waals surface area (Å²) in [5, 5.41) is 11.3. The molecular weight excluding hydrogens is 296 g/mol. The van der Waals surface area contributed by atoms with E-state index in [1.807, 2.05) is 0 Å². The van der Waals surface area contributed by atoms with Gasteiger partial charge in [-0.25, -0.2) is 19.0 Å². The summed E-state index contributed by atoms with van der Waals surface area (Å²) in [5.41, 5.74) is 3.06. The van der Waals surface area contributed by atoms with Gasteiger partial charge in [-0.15, -0.1) is 0 Å². The lowest BCUT2D eigenvalue weighted by atomic mass is 10.1. The number of amides is 2. The summed E-state index contributed by atoms with van der Waals surface area (Å²) in [7, 11) is -3.86. The molecule has 1 aliphatic rings. The van der Waals surface area contributed by atoms with Crippen LogP contribution < -0.4 is 15.9 Å². The monoisotopic (exact) mass is 310 g/mol. The minimum atomic E-state index is -3.86. The fourth-order valence-corrected chi connectivity index (χ4v) is 2.70. The average molecular weight is 310 g/mol. The van der Waals surface area contributed by atoms with Crippen molar-refractivity contribution in [1.82, 2.24) is 5.43 Å². The third-order valence-electron chi connectivity index (χ3n) is 3.01. The van der Waals surface area contributed by atoms with Crippen molar-refractivity contribution in [2.45, 2.75) is 24.7 Å². The van der Waals surface area contributed by atoms with E-state index in [-0.39, 0.29) is 29.4 Å². The van der Waals surface area contributed by atoms with Crippen LogP contribution >= 0.6 is 0 Å². The molecule has 1 heterocycles. The van der Waals surface area contributed by atoms with Crippen molar-refractivity contribution in [3.8, 4) is 0 Å². The number of carbonyl (C=O) groups is 2. The molecule has 4 N–H and O–H groups in total. The number of benzene rings is 1. The summed E-state index contributed by atoms with van der Waals surface area (Å²) in [6, 6.07) is 4.40. The molecule has 21 heavy (non-hydrogen) atoms. The van der Waals surface area contributed by atoms with Gasteiger partial charge in [0.1, 0.15) is 5.71 Å². The van der Waals surface area contributed by atoms with Gasteiger partial charge in [-0.2, -0.15) is 5.10 Å². The van der Waals surface area contributed by atoms with Crippen molar-refractivity contribution in [2.75, 3.05) is 5.32 Å². The van der Waals surface area contributed by atoms with E-state index in [0.29, 0.717) is 11.3 Å². The van der Waals surface area contributed by atoms with Crippen LogP contribution in [0.15, 0.2) is 28.2 Å². The quantitative estimate of drug-likeness (QED) is 0.716. The lowest BCUT2D eigenvalue weighted by Crippen LogP contribution is -2.33. The summed E-state index contributed by atoms with van der Waals surface area (Å²) >= 11 is 0. The molecule has 0 fully saturated rings. The van der Waals surface area contributed by atoms with E-state index in [1.165, 1.54) is 12.1 Å². The molecule has 0 unspecified atom stereocenters. The molecule has 112 valence electrons. The van der Waals surface area contributed by atoms with Gasteiger partial charge in [-0.1, -0.05) is 6.07 Å². The standard InChI is InChI=1S/C12H14N4O4S/c1-7-8(3-2-4-10(7)21(13,19)20)14-12(18)9-5-6-11(17)16-15-9/h2-4H,5-6H2,1H3,(H,14,18)(H,16,17)(H2,13,19,20). The Morgan fingerprint density at radius 1 is 1.38 bits per heavy atom. The number of sulfonamides is 1. The maximum Gasteiger partial charge on any atom is 0.271 e. The van der Waals surface area contributed by atoms with E-state index in [0.717, 1.165) is 0 Å². The van der Waals surface area contributed by atoms with Crippen molar-refractivity contribution >= 4 is 33.2 Å². The van der Waals surface area contributed by atoms with Gasteiger partial charge >= 0.3 is 0 Å². The molecule has 1 aliphatic heterocycles. The highest BCUT2D eigenvalue weighted by Gasteiger charge is 2.20. The summed E-state index contributed by atoms with van der Waals surface area (Å²) in [6.45, 7) is 1.54. The smallest absolute Gasteiger partial charge is 0.271 e. The maximum atomic E-state index is 12.0. The van der Waals surface area contributed by atoms with Crippen LogP contribution in [0.4, 0.5) is 5.69 Å². The summed E-state index contributed by atoms with van der Waals surface area (Å²) in [4.78, 5) is 22.9. The Labute approximate surface area is 121 Å². The Morgan fingerprint density at radius 3 is 2.67 bits per heavy atom. The highest BCUT2D eigenvalue weighted by atomic mass is 32.2. The van der Waals surface area contributed by atoms with Gasteiger partial charge in [0.25, 0.3) is 5.91 Å². The number of hydrazone groups is 1. The average Bonchev–Trinajstić information content (AvgIpc) is 2.40. The van der Waals surface area contributed by atoms with Crippen molar-refractivity contribution < 1.29 is 18.0 Å². The number of carbonyl (C=O) groups excluding carboxylic acids is 2. The molecule has 0 saturated heterocycles. The number of hydrogen-bond acceptors (Lipinski definition) is 5. The van der Waals surface area contributed by atoms with Gasteiger partial charge in [0.15, 0.2) is 0 Å². The number of anilines is 1. The highest BCUT2D eigenvalue weighted by molar-refractivity contribution is 7.89. The van der Waals surface area contributed by atoms with E-state index in [1.54, 1.807) is 13.0 Å². The van der Waals surface area contributed by atoms with Crippen LogP contribution in [0.3, 0.4) is 0 Å². The van der Waals surface area contributed by atoms with Gasteiger partial charge in [-0.3, -0.25) is 9.59 Å². The molecule has 2 amide bonds. The summed E-state index contributed by atoms with van der Waals surface area (Å²) < 4.78 is 22.8. The molecule has 2 rings (SSSR count). The first kappa shape index (κ1) is 15.1.